The van der Waals surface area contributed by atoms with Crippen LogP contribution in [-0.2, 0) is 6.54 Å². The summed E-state index contributed by atoms with van der Waals surface area (Å²) in [7, 11) is 0. The largest absolute Gasteiger partial charge is 0.310 e. The van der Waals surface area contributed by atoms with Gasteiger partial charge in [-0.2, -0.15) is 0 Å². The minimum atomic E-state index is 0. The van der Waals surface area contributed by atoms with Crippen LogP contribution in [0.25, 0.3) is 28.1 Å². The number of aryl methyl sites for hydroxylation is 1. The van der Waals surface area contributed by atoms with E-state index >= 15 is 0 Å². The maximum absolute atomic E-state index is 4.86. The van der Waals surface area contributed by atoms with Crippen molar-refractivity contribution in [3.05, 3.63) is 60.8 Å². The van der Waals surface area contributed by atoms with Crippen molar-refractivity contribution in [2.24, 2.45) is 0 Å². The Kier molecular flexibility index (Phi) is 3.90. The van der Waals surface area contributed by atoms with Crippen LogP contribution in [0, 0.1) is 0 Å². The Balaban J connectivity index is 0.00000144. The summed E-state index contributed by atoms with van der Waals surface area (Å²) in [6.07, 6.45) is 3.24. The minimum absolute atomic E-state index is 0. The molecule has 0 aliphatic heterocycles. The van der Waals surface area contributed by atoms with E-state index in [1.807, 2.05) is 6.07 Å². The number of para-hydroxylation sites is 2. The lowest BCUT2D eigenvalue weighted by molar-refractivity contribution is 0.712. The normalized spacial score (nSPS) is 11.0. The van der Waals surface area contributed by atoms with E-state index in [1.165, 1.54) is 11.0 Å². The molecule has 4 rings (SSSR count). The molecule has 0 atom stereocenters. The highest BCUT2D eigenvalue weighted by atomic mass is 35.5. The van der Waals surface area contributed by atoms with Gasteiger partial charge >= 0.3 is 0 Å². The van der Waals surface area contributed by atoms with Gasteiger partial charge in [0.1, 0.15) is 0 Å². The van der Waals surface area contributed by atoms with Crippen LogP contribution in [0.4, 0.5) is 0 Å². The summed E-state index contributed by atoms with van der Waals surface area (Å²) in [5.74, 6) is 1.02. The summed E-state index contributed by atoms with van der Waals surface area (Å²) in [4.78, 5) is 4.86. The highest BCUT2D eigenvalue weighted by Crippen LogP contribution is 2.25. The molecule has 0 N–H and O–H groups in total. The van der Waals surface area contributed by atoms with E-state index in [1.54, 1.807) is 0 Å². The molecule has 3 nitrogen and oxygen atoms in total. The average molecular weight is 312 g/mol. The van der Waals surface area contributed by atoms with Gasteiger partial charge in [0.25, 0.3) is 0 Å². The first-order valence-corrected chi connectivity index (χ1v) is 7.40. The Morgan fingerprint density at radius 2 is 1.59 bits per heavy atom. The van der Waals surface area contributed by atoms with Gasteiger partial charge in [-0.3, -0.25) is 4.40 Å². The molecule has 22 heavy (non-hydrogen) atoms. The van der Waals surface area contributed by atoms with Gasteiger partial charge in [0, 0.05) is 18.3 Å². The second-order valence-corrected chi connectivity index (χ2v) is 5.30. The number of aromatic nitrogens is 3. The SMILES string of the molecule is CCCn1c2ccccc2n2cc(-c3ccccc3)nc12.Cl. The quantitative estimate of drug-likeness (QED) is 0.533. The zero-order chi connectivity index (χ0) is 14.2. The summed E-state index contributed by atoms with van der Waals surface area (Å²) in [5, 5.41) is 0. The van der Waals surface area contributed by atoms with E-state index in [0.717, 1.165) is 30.0 Å². The van der Waals surface area contributed by atoms with Gasteiger partial charge in [-0.05, 0) is 18.6 Å². The average Bonchev–Trinajstić information content (AvgIpc) is 3.08. The molecule has 0 saturated heterocycles. The maximum atomic E-state index is 4.86. The van der Waals surface area contributed by atoms with Gasteiger partial charge in [0.2, 0.25) is 5.78 Å². The summed E-state index contributed by atoms with van der Waals surface area (Å²) < 4.78 is 4.51. The van der Waals surface area contributed by atoms with Crippen LogP contribution in [0.15, 0.2) is 60.8 Å². The third-order valence-corrected chi connectivity index (χ3v) is 3.88. The monoisotopic (exact) mass is 311 g/mol. The summed E-state index contributed by atoms with van der Waals surface area (Å²) in [6, 6.07) is 18.8. The number of imidazole rings is 2. The highest BCUT2D eigenvalue weighted by Gasteiger charge is 2.13. The molecule has 4 aromatic rings. The number of fused-ring (bicyclic) bond motifs is 3. The van der Waals surface area contributed by atoms with E-state index in [-0.39, 0.29) is 12.4 Å². The second kappa shape index (κ2) is 5.85. The molecule has 2 aromatic carbocycles. The Morgan fingerprint density at radius 3 is 2.32 bits per heavy atom. The molecule has 0 radical (unpaired) electrons. The van der Waals surface area contributed by atoms with Crippen molar-refractivity contribution < 1.29 is 0 Å². The molecule has 0 spiro atoms. The first-order valence-electron chi connectivity index (χ1n) is 7.40. The molecular formula is C18H18ClN3. The number of hydrogen-bond acceptors (Lipinski definition) is 1. The van der Waals surface area contributed by atoms with Crippen molar-refractivity contribution in [1.29, 1.82) is 0 Å². The van der Waals surface area contributed by atoms with Crippen LogP contribution in [0.3, 0.4) is 0 Å². The maximum Gasteiger partial charge on any atom is 0.215 e. The molecule has 0 aliphatic rings. The lowest BCUT2D eigenvalue weighted by atomic mass is 10.2. The molecule has 112 valence electrons. The summed E-state index contributed by atoms with van der Waals surface area (Å²) in [5.41, 5.74) is 4.66. The highest BCUT2D eigenvalue weighted by molar-refractivity contribution is 5.85. The van der Waals surface area contributed by atoms with Crippen molar-refractivity contribution in [3.63, 3.8) is 0 Å². The molecule has 0 bridgehead atoms. The molecule has 0 unspecified atom stereocenters. The molecule has 2 heterocycles. The van der Waals surface area contributed by atoms with E-state index in [2.05, 4.69) is 70.6 Å². The predicted molar refractivity (Wildman–Crippen MR) is 93.7 cm³/mol. The summed E-state index contributed by atoms with van der Waals surface area (Å²) >= 11 is 0. The molecular weight excluding hydrogens is 294 g/mol. The van der Waals surface area contributed by atoms with Crippen LogP contribution >= 0.6 is 12.4 Å². The first kappa shape index (κ1) is 14.7. The molecule has 2 aromatic heterocycles. The minimum Gasteiger partial charge on any atom is -0.310 e. The van der Waals surface area contributed by atoms with E-state index in [0.29, 0.717) is 0 Å². The van der Waals surface area contributed by atoms with Gasteiger partial charge in [-0.15, -0.1) is 12.4 Å². The standard InChI is InChI=1S/C18H17N3.ClH/c1-2-12-20-16-10-6-7-11-17(16)21-13-15(19-18(20)21)14-8-4-3-5-9-14;/h3-11,13H,2,12H2,1H3;1H. The topological polar surface area (TPSA) is 22.2 Å². The van der Waals surface area contributed by atoms with Crippen molar-refractivity contribution in [1.82, 2.24) is 14.0 Å². The molecule has 0 aliphatic carbocycles. The van der Waals surface area contributed by atoms with Gasteiger partial charge < -0.3 is 4.57 Å². The first-order chi connectivity index (χ1) is 10.4. The molecule has 4 heteroatoms. The van der Waals surface area contributed by atoms with Gasteiger partial charge in [0.05, 0.1) is 16.7 Å². The predicted octanol–water partition coefficient (Wildman–Crippen LogP) is 4.79. The second-order valence-electron chi connectivity index (χ2n) is 5.30. The third kappa shape index (κ3) is 2.18. The molecule has 0 fully saturated rings. The lowest BCUT2D eigenvalue weighted by Gasteiger charge is -2.02. The van der Waals surface area contributed by atoms with Crippen LogP contribution < -0.4 is 0 Å². The number of rotatable bonds is 3. The molecule has 0 amide bonds. The number of nitrogens with zero attached hydrogens (tertiary/aromatic N) is 3. The Labute approximate surface area is 135 Å². The van der Waals surface area contributed by atoms with Gasteiger partial charge in [-0.1, -0.05) is 49.4 Å². The van der Waals surface area contributed by atoms with Crippen molar-refractivity contribution in [2.45, 2.75) is 19.9 Å². The molecule has 0 saturated carbocycles. The van der Waals surface area contributed by atoms with E-state index in [9.17, 15) is 0 Å². The van der Waals surface area contributed by atoms with Gasteiger partial charge in [-0.25, -0.2) is 4.98 Å². The Morgan fingerprint density at radius 1 is 0.909 bits per heavy atom. The number of halogens is 1. The fourth-order valence-electron chi connectivity index (χ4n) is 2.93. The zero-order valence-corrected chi connectivity index (χ0v) is 13.3. The number of benzene rings is 2. The Bertz CT molecular complexity index is 906. The lowest BCUT2D eigenvalue weighted by Crippen LogP contribution is -1.97. The van der Waals surface area contributed by atoms with E-state index in [4.69, 9.17) is 4.98 Å². The summed E-state index contributed by atoms with van der Waals surface area (Å²) in [6.45, 7) is 3.19. The van der Waals surface area contributed by atoms with Crippen LogP contribution in [-0.4, -0.2) is 14.0 Å². The van der Waals surface area contributed by atoms with Crippen LogP contribution in [0.2, 0.25) is 0 Å². The fourth-order valence-corrected chi connectivity index (χ4v) is 2.93. The Hall–Kier alpha value is -2.26. The van der Waals surface area contributed by atoms with Crippen molar-refractivity contribution in [2.75, 3.05) is 0 Å². The van der Waals surface area contributed by atoms with Crippen molar-refractivity contribution >= 4 is 29.2 Å². The van der Waals surface area contributed by atoms with Gasteiger partial charge in [0.15, 0.2) is 0 Å². The van der Waals surface area contributed by atoms with E-state index < -0.39 is 0 Å². The third-order valence-electron chi connectivity index (χ3n) is 3.88. The zero-order valence-electron chi connectivity index (χ0n) is 12.4. The van der Waals surface area contributed by atoms with Crippen LogP contribution in [0.1, 0.15) is 13.3 Å². The van der Waals surface area contributed by atoms with Crippen LogP contribution in [0.5, 0.6) is 0 Å². The fraction of sp³-hybridized carbons (Fsp3) is 0.167. The van der Waals surface area contributed by atoms with Crippen molar-refractivity contribution in [3.8, 4) is 11.3 Å². The number of hydrogen-bond donors (Lipinski definition) is 0. The smallest absolute Gasteiger partial charge is 0.215 e.